The first kappa shape index (κ1) is 17.3. The molecule has 24 heavy (non-hydrogen) atoms. The third-order valence-electron chi connectivity index (χ3n) is 5.80. The highest BCUT2D eigenvalue weighted by atomic mass is 14.4. The molecule has 0 N–H and O–H groups in total. The molecule has 1 aliphatic rings. The minimum absolute atomic E-state index is 0.244. The number of rotatable bonds is 6. The van der Waals surface area contributed by atoms with E-state index < -0.39 is 0 Å². The van der Waals surface area contributed by atoms with E-state index >= 15 is 0 Å². The van der Waals surface area contributed by atoms with Crippen LogP contribution in [0.3, 0.4) is 0 Å². The maximum atomic E-state index is 2.41. The van der Waals surface area contributed by atoms with Gasteiger partial charge in [0.25, 0.3) is 0 Å². The quantitative estimate of drug-likeness (QED) is 0.546. The molecule has 0 radical (unpaired) electrons. The average molecular weight is 321 g/mol. The molecule has 0 heterocycles. The van der Waals surface area contributed by atoms with Gasteiger partial charge in [0.2, 0.25) is 0 Å². The zero-order chi connectivity index (χ0) is 16.8. The molecule has 0 aromatic heterocycles. The number of hydrogen-bond acceptors (Lipinski definition) is 0. The van der Waals surface area contributed by atoms with E-state index in [4.69, 9.17) is 0 Å². The van der Waals surface area contributed by atoms with Crippen LogP contribution in [0.5, 0.6) is 0 Å². The molecule has 0 amide bonds. The van der Waals surface area contributed by atoms with Crippen LogP contribution >= 0.6 is 0 Å². The van der Waals surface area contributed by atoms with Gasteiger partial charge in [-0.1, -0.05) is 94.5 Å². The lowest BCUT2D eigenvalue weighted by atomic mass is 9.65. The number of benzene rings is 2. The first-order valence-corrected chi connectivity index (χ1v) is 9.97. The Kier molecular flexibility index (Phi) is 5.76. The molecule has 0 nitrogen and oxygen atoms in total. The highest BCUT2D eigenvalue weighted by Gasteiger charge is 2.35. The lowest BCUT2D eigenvalue weighted by Gasteiger charge is -2.39. The Balaban J connectivity index is 1.94. The fraction of sp³-hybridized carbons (Fsp3) is 0.500. The fourth-order valence-electron chi connectivity index (χ4n) is 4.46. The fourth-order valence-corrected chi connectivity index (χ4v) is 4.46. The number of aryl methyl sites for hydroxylation is 2. The minimum atomic E-state index is 0.244. The van der Waals surface area contributed by atoms with Gasteiger partial charge in [-0.2, -0.15) is 0 Å². The third-order valence-corrected chi connectivity index (χ3v) is 5.80. The van der Waals surface area contributed by atoms with Crippen LogP contribution in [0.2, 0.25) is 0 Å². The lowest BCUT2D eigenvalue weighted by molar-refractivity contribution is 0.346. The molecule has 1 aliphatic carbocycles. The van der Waals surface area contributed by atoms with Crippen molar-refractivity contribution in [2.75, 3.05) is 0 Å². The van der Waals surface area contributed by atoms with Gasteiger partial charge in [0.15, 0.2) is 0 Å². The van der Waals surface area contributed by atoms with E-state index in [-0.39, 0.29) is 5.41 Å². The SMILES string of the molecule is CCCc1ccc(C2(c3ccc(CCC)cc3)CCCCC2)cc1. The Morgan fingerprint density at radius 1 is 0.625 bits per heavy atom. The molecule has 3 rings (SSSR count). The van der Waals surface area contributed by atoms with Crippen LogP contribution in [-0.2, 0) is 18.3 Å². The van der Waals surface area contributed by atoms with Crippen LogP contribution in [0.4, 0.5) is 0 Å². The standard InChI is InChI=1S/C24H32/c1-3-8-20-10-14-22(15-11-20)24(18-6-5-7-19-24)23-16-12-21(9-4-2)13-17-23/h10-17H,3-9,18-19H2,1-2H3. The van der Waals surface area contributed by atoms with Gasteiger partial charge in [-0.05, 0) is 47.9 Å². The summed E-state index contributed by atoms with van der Waals surface area (Å²) < 4.78 is 0. The van der Waals surface area contributed by atoms with Crippen LogP contribution < -0.4 is 0 Å². The summed E-state index contributed by atoms with van der Waals surface area (Å²) in [6.07, 6.45) is 11.5. The zero-order valence-corrected chi connectivity index (χ0v) is 15.5. The van der Waals surface area contributed by atoms with Gasteiger partial charge in [-0.25, -0.2) is 0 Å². The molecule has 1 fully saturated rings. The maximum absolute atomic E-state index is 2.41. The van der Waals surface area contributed by atoms with Crippen molar-refractivity contribution in [3.8, 4) is 0 Å². The van der Waals surface area contributed by atoms with E-state index in [0.29, 0.717) is 0 Å². The summed E-state index contributed by atoms with van der Waals surface area (Å²) >= 11 is 0. The molecule has 0 aliphatic heterocycles. The van der Waals surface area contributed by atoms with E-state index in [1.54, 1.807) is 0 Å². The predicted molar refractivity (Wildman–Crippen MR) is 105 cm³/mol. The second-order valence-electron chi connectivity index (χ2n) is 7.54. The van der Waals surface area contributed by atoms with Crippen LogP contribution in [0.15, 0.2) is 48.5 Å². The van der Waals surface area contributed by atoms with Crippen molar-refractivity contribution in [3.63, 3.8) is 0 Å². The zero-order valence-electron chi connectivity index (χ0n) is 15.5. The smallest absolute Gasteiger partial charge is 0.0202 e. The molecule has 0 bridgehead atoms. The van der Waals surface area contributed by atoms with Gasteiger partial charge in [0, 0.05) is 5.41 Å². The molecule has 0 unspecified atom stereocenters. The van der Waals surface area contributed by atoms with E-state index in [0.717, 1.165) is 0 Å². The second-order valence-corrected chi connectivity index (χ2v) is 7.54. The van der Waals surface area contributed by atoms with Crippen molar-refractivity contribution < 1.29 is 0 Å². The number of hydrogen-bond donors (Lipinski definition) is 0. The molecule has 0 saturated heterocycles. The Morgan fingerprint density at radius 3 is 1.42 bits per heavy atom. The topological polar surface area (TPSA) is 0 Å². The van der Waals surface area contributed by atoms with Crippen LogP contribution in [0, 0.1) is 0 Å². The van der Waals surface area contributed by atoms with Crippen molar-refractivity contribution >= 4 is 0 Å². The van der Waals surface area contributed by atoms with Gasteiger partial charge in [-0.3, -0.25) is 0 Å². The monoisotopic (exact) mass is 320 g/mol. The van der Waals surface area contributed by atoms with Crippen molar-refractivity contribution in [1.29, 1.82) is 0 Å². The third kappa shape index (κ3) is 3.58. The first-order chi connectivity index (χ1) is 11.8. The first-order valence-electron chi connectivity index (χ1n) is 9.97. The highest BCUT2D eigenvalue weighted by molar-refractivity contribution is 5.42. The summed E-state index contributed by atoms with van der Waals surface area (Å²) in [5.74, 6) is 0. The van der Waals surface area contributed by atoms with Crippen molar-refractivity contribution in [2.24, 2.45) is 0 Å². The summed E-state index contributed by atoms with van der Waals surface area (Å²) in [4.78, 5) is 0. The van der Waals surface area contributed by atoms with Gasteiger partial charge in [0.1, 0.15) is 0 Å². The Morgan fingerprint density at radius 2 is 1.04 bits per heavy atom. The Labute approximate surface area is 148 Å². The summed E-state index contributed by atoms with van der Waals surface area (Å²) in [5.41, 5.74) is 6.26. The van der Waals surface area contributed by atoms with E-state index in [1.807, 2.05) is 0 Å². The lowest BCUT2D eigenvalue weighted by Crippen LogP contribution is -2.30. The maximum Gasteiger partial charge on any atom is 0.0202 e. The second kappa shape index (κ2) is 8.01. The molecule has 0 heteroatoms. The summed E-state index contributed by atoms with van der Waals surface area (Å²) in [6, 6.07) is 19.1. The highest BCUT2D eigenvalue weighted by Crippen LogP contribution is 2.45. The van der Waals surface area contributed by atoms with Crippen LogP contribution in [-0.4, -0.2) is 0 Å². The molecule has 1 saturated carbocycles. The average Bonchev–Trinajstić information content (AvgIpc) is 2.64. The minimum Gasteiger partial charge on any atom is -0.0651 e. The molecular formula is C24H32. The molecule has 2 aromatic carbocycles. The molecule has 128 valence electrons. The van der Waals surface area contributed by atoms with Crippen molar-refractivity contribution in [2.45, 2.75) is 77.0 Å². The Bertz CT molecular complexity index is 561. The molecular weight excluding hydrogens is 288 g/mol. The van der Waals surface area contributed by atoms with Crippen molar-refractivity contribution in [1.82, 2.24) is 0 Å². The van der Waals surface area contributed by atoms with E-state index in [9.17, 15) is 0 Å². The van der Waals surface area contributed by atoms with Crippen LogP contribution in [0.1, 0.15) is 81.0 Å². The Hall–Kier alpha value is -1.56. The van der Waals surface area contributed by atoms with Gasteiger partial charge in [-0.15, -0.1) is 0 Å². The summed E-state index contributed by atoms with van der Waals surface area (Å²) in [7, 11) is 0. The predicted octanol–water partition coefficient (Wildman–Crippen LogP) is 6.84. The molecule has 2 aromatic rings. The van der Waals surface area contributed by atoms with Gasteiger partial charge >= 0.3 is 0 Å². The van der Waals surface area contributed by atoms with E-state index in [1.165, 1.54) is 80.0 Å². The normalized spacial score (nSPS) is 16.9. The largest absolute Gasteiger partial charge is 0.0651 e. The summed E-state index contributed by atoms with van der Waals surface area (Å²) in [5, 5.41) is 0. The summed E-state index contributed by atoms with van der Waals surface area (Å²) in [6.45, 7) is 4.52. The molecule has 0 atom stereocenters. The van der Waals surface area contributed by atoms with Gasteiger partial charge < -0.3 is 0 Å². The van der Waals surface area contributed by atoms with Crippen molar-refractivity contribution in [3.05, 3.63) is 70.8 Å². The molecule has 0 spiro atoms. The van der Waals surface area contributed by atoms with E-state index in [2.05, 4.69) is 62.4 Å². The van der Waals surface area contributed by atoms with Gasteiger partial charge in [0.05, 0.1) is 0 Å². The van der Waals surface area contributed by atoms with Crippen LogP contribution in [0.25, 0.3) is 0 Å².